The average molecular weight is 271 g/mol. The van der Waals surface area contributed by atoms with Gasteiger partial charge >= 0.3 is 6.03 Å². The number of para-hydroxylation sites is 1. The minimum absolute atomic E-state index is 0.0652. The van der Waals surface area contributed by atoms with Crippen LogP contribution in [0.25, 0.3) is 10.9 Å². The Kier molecular flexibility index (Phi) is 3.38. The van der Waals surface area contributed by atoms with Crippen LogP contribution in [0.3, 0.4) is 0 Å². The van der Waals surface area contributed by atoms with Gasteiger partial charge in [0.15, 0.2) is 0 Å². The van der Waals surface area contributed by atoms with Crippen molar-refractivity contribution in [2.24, 2.45) is 0 Å². The molecule has 106 valence electrons. The molecule has 4 heteroatoms. The summed E-state index contributed by atoms with van der Waals surface area (Å²) < 4.78 is 0. The van der Waals surface area contributed by atoms with Gasteiger partial charge in [-0.3, -0.25) is 0 Å². The molecule has 1 heterocycles. The molecular weight excluding hydrogens is 250 g/mol. The summed E-state index contributed by atoms with van der Waals surface area (Å²) in [5, 5.41) is 7.27. The van der Waals surface area contributed by atoms with Crippen molar-refractivity contribution in [3.8, 4) is 0 Å². The predicted molar refractivity (Wildman–Crippen MR) is 80.9 cm³/mol. The molecular formula is C16H21N3O. The van der Waals surface area contributed by atoms with Gasteiger partial charge in [-0.1, -0.05) is 18.2 Å². The fourth-order valence-electron chi connectivity index (χ4n) is 3.00. The van der Waals surface area contributed by atoms with Crippen LogP contribution < -0.4 is 10.6 Å². The highest BCUT2D eigenvalue weighted by molar-refractivity contribution is 5.85. The van der Waals surface area contributed by atoms with Gasteiger partial charge in [-0.05, 0) is 38.3 Å². The van der Waals surface area contributed by atoms with Crippen LogP contribution in [0.2, 0.25) is 0 Å². The van der Waals surface area contributed by atoms with Gasteiger partial charge in [-0.15, -0.1) is 0 Å². The summed E-state index contributed by atoms with van der Waals surface area (Å²) in [4.78, 5) is 15.3. The van der Waals surface area contributed by atoms with E-state index in [4.69, 9.17) is 0 Å². The quantitative estimate of drug-likeness (QED) is 0.773. The van der Waals surface area contributed by atoms with Gasteiger partial charge < -0.3 is 15.6 Å². The van der Waals surface area contributed by atoms with Crippen LogP contribution >= 0.6 is 0 Å². The van der Waals surface area contributed by atoms with E-state index >= 15 is 0 Å². The van der Waals surface area contributed by atoms with E-state index < -0.39 is 0 Å². The Morgan fingerprint density at radius 2 is 2.15 bits per heavy atom. The first-order chi connectivity index (χ1) is 9.63. The Balaban J connectivity index is 1.74. The van der Waals surface area contributed by atoms with Gasteiger partial charge in [-0.2, -0.15) is 0 Å². The molecule has 2 aromatic rings. The predicted octanol–water partition coefficient (Wildman–Crippen LogP) is 2.73. The van der Waals surface area contributed by atoms with Crippen LogP contribution in [0.1, 0.15) is 31.5 Å². The highest BCUT2D eigenvalue weighted by Gasteiger charge is 2.23. The van der Waals surface area contributed by atoms with Crippen molar-refractivity contribution in [1.82, 2.24) is 15.6 Å². The molecule has 2 amide bonds. The normalized spacial score (nSPS) is 18.1. The summed E-state index contributed by atoms with van der Waals surface area (Å²) in [7, 11) is 0. The van der Waals surface area contributed by atoms with Crippen molar-refractivity contribution in [3.63, 3.8) is 0 Å². The molecule has 3 N–H and O–H groups in total. The van der Waals surface area contributed by atoms with Crippen LogP contribution in [0.15, 0.2) is 24.3 Å². The van der Waals surface area contributed by atoms with Gasteiger partial charge in [0.05, 0.1) is 0 Å². The fourth-order valence-corrected chi connectivity index (χ4v) is 3.00. The van der Waals surface area contributed by atoms with Gasteiger partial charge in [0, 0.05) is 35.1 Å². The van der Waals surface area contributed by atoms with Crippen molar-refractivity contribution >= 4 is 16.9 Å². The molecule has 0 radical (unpaired) electrons. The van der Waals surface area contributed by atoms with E-state index in [-0.39, 0.29) is 18.1 Å². The number of fused-ring (bicyclic) bond motifs is 3. The molecule has 0 spiro atoms. The molecule has 20 heavy (non-hydrogen) atoms. The molecule has 0 saturated carbocycles. The molecule has 1 atom stereocenters. The fraction of sp³-hybridized carbons (Fsp3) is 0.438. The number of benzene rings is 1. The number of carbonyl (C=O) groups is 1. The Hall–Kier alpha value is -1.97. The van der Waals surface area contributed by atoms with Gasteiger partial charge in [0.1, 0.15) is 0 Å². The standard InChI is InChI=1S/C16H21N3O/c1-10(2)17-16(20)18-11-7-8-13-12-5-3-4-6-14(12)19-15(13)9-11/h3-6,10-11,19H,7-9H2,1-2H3,(H2,17,18,20). The second kappa shape index (κ2) is 5.19. The van der Waals surface area contributed by atoms with Gasteiger partial charge in [0.25, 0.3) is 0 Å². The summed E-state index contributed by atoms with van der Waals surface area (Å²) in [5.41, 5.74) is 3.89. The molecule has 1 aliphatic rings. The molecule has 0 saturated heterocycles. The Labute approximate surface area is 118 Å². The van der Waals surface area contributed by atoms with E-state index in [0.717, 1.165) is 19.3 Å². The summed E-state index contributed by atoms with van der Waals surface area (Å²) in [6.07, 6.45) is 2.90. The second-order valence-electron chi connectivity index (χ2n) is 5.84. The highest BCUT2D eigenvalue weighted by atomic mass is 16.2. The van der Waals surface area contributed by atoms with Crippen molar-refractivity contribution in [2.75, 3.05) is 0 Å². The number of hydrogen-bond acceptors (Lipinski definition) is 1. The maximum atomic E-state index is 11.8. The lowest BCUT2D eigenvalue weighted by Crippen LogP contribution is -2.46. The Bertz CT molecular complexity index is 630. The average Bonchev–Trinajstić information content (AvgIpc) is 2.75. The Morgan fingerprint density at radius 3 is 2.95 bits per heavy atom. The molecule has 1 aromatic heterocycles. The zero-order valence-electron chi connectivity index (χ0n) is 12.0. The number of urea groups is 1. The highest BCUT2D eigenvalue weighted by Crippen LogP contribution is 2.28. The molecule has 0 fully saturated rings. The third-order valence-corrected chi connectivity index (χ3v) is 3.85. The number of amides is 2. The topological polar surface area (TPSA) is 56.9 Å². The number of aromatic amines is 1. The van der Waals surface area contributed by atoms with E-state index in [1.807, 2.05) is 13.8 Å². The summed E-state index contributed by atoms with van der Waals surface area (Å²) in [5.74, 6) is 0. The lowest BCUT2D eigenvalue weighted by Gasteiger charge is -2.24. The number of H-pyrrole nitrogens is 1. The van der Waals surface area contributed by atoms with Crippen LogP contribution in [0.4, 0.5) is 4.79 Å². The third kappa shape index (κ3) is 2.50. The van der Waals surface area contributed by atoms with E-state index in [2.05, 4.69) is 39.9 Å². The zero-order chi connectivity index (χ0) is 14.1. The van der Waals surface area contributed by atoms with Crippen molar-refractivity contribution in [3.05, 3.63) is 35.5 Å². The molecule has 1 aliphatic carbocycles. The molecule has 0 aliphatic heterocycles. The molecule has 4 nitrogen and oxygen atoms in total. The Morgan fingerprint density at radius 1 is 1.35 bits per heavy atom. The number of aromatic nitrogens is 1. The molecule has 1 aromatic carbocycles. The smallest absolute Gasteiger partial charge is 0.315 e. The first kappa shape index (κ1) is 13.0. The van der Waals surface area contributed by atoms with E-state index in [1.54, 1.807) is 0 Å². The summed E-state index contributed by atoms with van der Waals surface area (Å²) in [6.45, 7) is 3.94. The van der Waals surface area contributed by atoms with Crippen LogP contribution in [-0.2, 0) is 12.8 Å². The number of rotatable bonds is 2. The number of nitrogens with one attached hydrogen (secondary N) is 3. The third-order valence-electron chi connectivity index (χ3n) is 3.85. The maximum Gasteiger partial charge on any atom is 0.315 e. The van der Waals surface area contributed by atoms with Crippen LogP contribution in [0, 0.1) is 0 Å². The van der Waals surface area contributed by atoms with Crippen molar-refractivity contribution in [2.45, 2.75) is 45.2 Å². The maximum absolute atomic E-state index is 11.8. The SMILES string of the molecule is CC(C)NC(=O)NC1CCc2c([nH]c3ccccc23)C1. The number of aryl methyl sites for hydroxylation is 1. The molecule has 3 rings (SSSR count). The van der Waals surface area contributed by atoms with E-state index in [0.29, 0.717) is 0 Å². The van der Waals surface area contributed by atoms with Crippen LogP contribution in [-0.4, -0.2) is 23.1 Å². The van der Waals surface area contributed by atoms with Crippen LogP contribution in [0.5, 0.6) is 0 Å². The minimum Gasteiger partial charge on any atom is -0.358 e. The molecule has 0 bridgehead atoms. The summed E-state index contributed by atoms with van der Waals surface area (Å²) >= 11 is 0. The van der Waals surface area contributed by atoms with Crippen molar-refractivity contribution in [1.29, 1.82) is 0 Å². The lowest BCUT2D eigenvalue weighted by molar-refractivity contribution is 0.233. The molecule has 1 unspecified atom stereocenters. The monoisotopic (exact) mass is 271 g/mol. The first-order valence-corrected chi connectivity index (χ1v) is 7.29. The minimum atomic E-state index is -0.0652. The number of carbonyl (C=O) groups excluding carboxylic acids is 1. The first-order valence-electron chi connectivity index (χ1n) is 7.29. The summed E-state index contributed by atoms with van der Waals surface area (Å²) in [6, 6.07) is 8.74. The lowest BCUT2D eigenvalue weighted by atomic mass is 9.92. The van der Waals surface area contributed by atoms with Gasteiger partial charge in [0.2, 0.25) is 0 Å². The van der Waals surface area contributed by atoms with Crippen molar-refractivity contribution < 1.29 is 4.79 Å². The zero-order valence-corrected chi connectivity index (χ0v) is 12.0. The largest absolute Gasteiger partial charge is 0.358 e. The van der Waals surface area contributed by atoms with Gasteiger partial charge in [-0.25, -0.2) is 4.79 Å². The number of hydrogen-bond donors (Lipinski definition) is 3. The second-order valence-corrected chi connectivity index (χ2v) is 5.84. The van der Waals surface area contributed by atoms with E-state index in [9.17, 15) is 4.79 Å². The van der Waals surface area contributed by atoms with E-state index in [1.165, 1.54) is 22.2 Å².